The molecule has 13 heavy (non-hydrogen) atoms. The van der Waals surface area contributed by atoms with Crippen LogP contribution in [0.25, 0.3) is 0 Å². The van der Waals surface area contributed by atoms with E-state index in [0.29, 0.717) is 5.56 Å². The Labute approximate surface area is 79.2 Å². The lowest BCUT2D eigenvalue weighted by Crippen LogP contribution is -1.99. The molecule has 0 amide bonds. The van der Waals surface area contributed by atoms with Crippen molar-refractivity contribution < 1.29 is 9.36 Å². The molecular formula is C10H12O2P+. The van der Waals surface area contributed by atoms with Crippen molar-refractivity contribution in [2.45, 2.75) is 20.8 Å². The smallest absolute Gasteiger partial charge is 0.234 e. The highest BCUT2D eigenvalue weighted by molar-refractivity contribution is 7.47. The molecular weight excluding hydrogens is 183 g/mol. The molecule has 1 atom stereocenters. The number of aryl methyl sites for hydroxylation is 2. The molecule has 0 aliphatic heterocycles. The lowest BCUT2D eigenvalue weighted by Gasteiger charge is -2.05. The maximum atomic E-state index is 11.3. The molecule has 2 nitrogen and oxygen atoms in total. The second-order valence-electron chi connectivity index (χ2n) is 3.13. The molecule has 0 radical (unpaired) electrons. The van der Waals surface area contributed by atoms with Crippen LogP contribution in [0.15, 0.2) is 12.1 Å². The molecule has 0 aliphatic rings. The van der Waals surface area contributed by atoms with Crippen LogP contribution in [0.3, 0.4) is 0 Å². The van der Waals surface area contributed by atoms with Crippen LogP contribution in [-0.2, 0) is 4.57 Å². The molecule has 0 heterocycles. The van der Waals surface area contributed by atoms with Gasteiger partial charge in [0.15, 0.2) is 0 Å². The van der Waals surface area contributed by atoms with Gasteiger partial charge in [-0.2, -0.15) is 0 Å². The Morgan fingerprint density at radius 1 is 1.15 bits per heavy atom. The second kappa shape index (κ2) is 3.80. The molecule has 1 unspecified atom stereocenters. The molecule has 0 aliphatic carbocycles. The van der Waals surface area contributed by atoms with Crippen LogP contribution in [0.5, 0.6) is 0 Å². The summed E-state index contributed by atoms with van der Waals surface area (Å²) >= 11 is 0. The zero-order valence-corrected chi connectivity index (χ0v) is 8.97. The maximum Gasteiger partial charge on any atom is 0.406 e. The Bertz CT molecular complexity index is 369. The van der Waals surface area contributed by atoms with Gasteiger partial charge in [-0.05, 0) is 37.5 Å². The number of hydrogen-bond donors (Lipinski definition) is 0. The van der Waals surface area contributed by atoms with Crippen molar-refractivity contribution >= 4 is 14.0 Å². The summed E-state index contributed by atoms with van der Waals surface area (Å²) in [6.07, 6.45) is 0. The van der Waals surface area contributed by atoms with Crippen molar-refractivity contribution in [2.75, 3.05) is 0 Å². The molecule has 0 aromatic heterocycles. The van der Waals surface area contributed by atoms with Gasteiger partial charge in [0, 0.05) is 0 Å². The van der Waals surface area contributed by atoms with E-state index in [1.807, 2.05) is 32.9 Å². The molecule has 1 aromatic carbocycles. The van der Waals surface area contributed by atoms with Crippen LogP contribution in [-0.4, -0.2) is 5.52 Å². The third-order valence-electron chi connectivity index (χ3n) is 2.26. The van der Waals surface area contributed by atoms with Crippen molar-refractivity contribution in [3.05, 3.63) is 34.4 Å². The van der Waals surface area contributed by atoms with Crippen LogP contribution in [0, 0.1) is 20.8 Å². The fourth-order valence-electron chi connectivity index (χ4n) is 1.35. The van der Waals surface area contributed by atoms with Gasteiger partial charge in [-0.25, -0.2) is 4.79 Å². The van der Waals surface area contributed by atoms with Crippen LogP contribution in [0.2, 0.25) is 0 Å². The standard InChI is InChI=1S/C10H11O2P/c1-6-4-5-7(2)9(8(6)3)10(11)13-12/h4-5H,1-3H3/p+1. The van der Waals surface area contributed by atoms with Gasteiger partial charge in [-0.15, -0.1) is 0 Å². The summed E-state index contributed by atoms with van der Waals surface area (Å²) in [4.78, 5) is 11.3. The normalized spacial score (nSPS) is 10.4. The van der Waals surface area contributed by atoms with Crippen molar-refractivity contribution in [1.82, 2.24) is 0 Å². The third kappa shape index (κ3) is 1.84. The number of rotatable bonds is 2. The summed E-state index contributed by atoms with van der Waals surface area (Å²) in [5, 5.41) is 0. The number of hydrogen-bond acceptors (Lipinski definition) is 2. The van der Waals surface area contributed by atoms with Gasteiger partial charge in [-0.3, -0.25) is 0 Å². The van der Waals surface area contributed by atoms with E-state index in [-0.39, 0.29) is 5.52 Å². The summed E-state index contributed by atoms with van der Waals surface area (Å²) in [5.74, 6) is 0. The van der Waals surface area contributed by atoms with Crippen LogP contribution < -0.4 is 0 Å². The van der Waals surface area contributed by atoms with Crippen molar-refractivity contribution in [3.8, 4) is 0 Å². The Balaban J connectivity index is 3.41. The SMILES string of the molecule is Cc1ccc(C)c(C(=O)[PH+]=O)c1C. The van der Waals surface area contributed by atoms with E-state index in [4.69, 9.17) is 0 Å². The summed E-state index contributed by atoms with van der Waals surface area (Å²) < 4.78 is 10.5. The first kappa shape index (κ1) is 10.1. The highest BCUT2D eigenvalue weighted by Crippen LogP contribution is 2.21. The van der Waals surface area contributed by atoms with Crippen molar-refractivity contribution in [3.63, 3.8) is 0 Å². The first-order chi connectivity index (χ1) is 6.07. The van der Waals surface area contributed by atoms with E-state index in [2.05, 4.69) is 0 Å². The predicted octanol–water partition coefficient (Wildman–Crippen LogP) is 2.78. The van der Waals surface area contributed by atoms with E-state index in [1.165, 1.54) is 0 Å². The molecule has 0 N–H and O–H groups in total. The molecule has 0 fully saturated rings. The topological polar surface area (TPSA) is 34.1 Å². The monoisotopic (exact) mass is 195 g/mol. The van der Waals surface area contributed by atoms with Gasteiger partial charge in [-0.1, -0.05) is 16.7 Å². The second-order valence-corrected chi connectivity index (χ2v) is 3.79. The first-order valence-electron chi connectivity index (χ1n) is 4.07. The minimum absolute atomic E-state index is 0.279. The highest BCUT2D eigenvalue weighted by atomic mass is 31.1. The molecule has 1 rings (SSSR count). The van der Waals surface area contributed by atoms with Gasteiger partial charge >= 0.3 is 14.0 Å². The van der Waals surface area contributed by atoms with E-state index < -0.39 is 8.46 Å². The van der Waals surface area contributed by atoms with E-state index in [1.54, 1.807) is 0 Å². The number of benzene rings is 1. The van der Waals surface area contributed by atoms with Crippen LogP contribution in [0.1, 0.15) is 27.0 Å². The Kier molecular flexibility index (Phi) is 2.94. The van der Waals surface area contributed by atoms with Gasteiger partial charge in [0.2, 0.25) is 0 Å². The zero-order chi connectivity index (χ0) is 10.0. The largest absolute Gasteiger partial charge is 0.406 e. The van der Waals surface area contributed by atoms with Gasteiger partial charge in [0.25, 0.3) is 0 Å². The van der Waals surface area contributed by atoms with E-state index in [9.17, 15) is 9.36 Å². The number of carbonyl (C=O) groups is 1. The van der Waals surface area contributed by atoms with Gasteiger partial charge in [0.1, 0.15) is 0 Å². The fraction of sp³-hybridized carbons (Fsp3) is 0.300. The summed E-state index contributed by atoms with van der Waals surface area (Å²) in [6.45, 7) is 5.69. The molecule has 0 saturated carbocycles. The van der Waals surface area contributed by atoms with Crippen molar-refractivity contribution in [2.24, 2.45) is 0 Å². The minimum atomic E-state index is -0.891. The lowest BCUT2D eigenvalue weighted by molar-refractivity contribution is 0.108. The average molecular weight is 195 g/mol. The maximum absolute atomic E-state index is 11.3. The van der Waals surface area contributed by atoms with Crippen molar-refractivity contribution in [1.29, 1.82) is 0 Å². The fourth-order valence-corrected chi connectivity index (χ4v) is 1.84. The molecule has 0 bridgehead atoms. The number of carbonyl (C=O) groups excluding carboxylic acids is 1. The van der Waals surface area contributed by atoms with E-state index in [0.717, 1.165) is 16.7 Å². The summed E-state index contributed by atoms with van der Waals surface area (Å²) in [7, 11) is -0.891. The quantitative estimate of drug-likeness (QED) is 0.680. The third-order valence-corrected chi connectivity index (χ3v) is 2.70. The summed E-state index contributed by atoms with van der Waals surface area (Å²) in [5.41, 5.74) is 3.24. The Morgan fingerprint density at radius 2 is 1.69 bits per heavy atom. The predicted molar refractivity (Wildman–Crippen MR) is 54.0 cm³/mol. The first-order valence-corrected chi connectivity index (χ1v) is 4.98. The molecule has 0 saturated heterocycles. The van der Waals surface area contributed by atoms with Gasteiger partial charge < -0.3 is 0 Å². The average Bonchev–Trinajstić information content (AvgIpc) is 2.12. The Morgan fingerprint density at radius 3 is 2.23 bits per heavy atom. The Hall–Kier alpha value is -1.01. The highest BCUT2D eigenvalue weighted by Gasteiger charge is 2.19. The molecule has 68 valence electrons. The molecule has 3 heteroatoms. The van der Waals surface area contributed by atoms with E-state index >= 15 is 0 Å². The lowest BCUT2D eigenvalue weighted by atomic mass is 9.99. The van der Waals surface area contributed by atoms with Crippen LogP contribution >= 0.6 is 8.46 Å². The molecule has 1 aromatic rings. The van der Waals surface area contributed by atoms with Crippen LogP contribution in [0.4, 0.5) is 0 Å². The van der Waals surface area contributed by atoms with Gasteiger partial charge in [0.05, 0.1) is 5.56 Å². The molecule has 0 spiro atoms. The summed E-state index contributed by atoms with van der Waals surface area (Å²) in [6, 6.07) is 3.85. The minimum Gasteiger partial charge on any atom is -0.234 e. The zero-order valence-electron chi connectivity index (χ0n) is 7.97.